The van der Waals surface area contributed by atoms with Crippen LogP contribution in [0, 0.1) is 13.8 Å². The van der Waals surface area contributed by atoms with Crippen molar-refractivity contribution in [2.75, 3.05) is 0 Å². The van der Waals surface area contributed by atoms with Gasteiger partial charge in [-0.15, -0.1) is 0 Å². The van der Waals surface area contributed by atoms with Crippen molar-refractivity contribution in [2.45, 2.75) is 39.8 Å². The highest BCUT2D eigenvalue weighted by molar-refractivity contribution is 9.10. The fraction of sp³-hybridized carbons (Fsp3) is 0.375. The van der Waals surface area contributed by atoms with Crippen molar-refractivity contribution in [2.24, 2.45) is 0 Å². The van der Waals surface area contributed by atoms with Gasteiger partial charge in [-0.2, -0.15) is 0 Å². The van der Waals surface area contributed by atoms with E-state index in [1.807, 2.05) is 12.1 Å². The first kappa shape index (κ1) is 14.4. The smallest absolute Gasteiger partial charge is 0.169 e. The topological polar surface area (TPSA) is 25.2 Å². The van der Waals surface area contributed by atoms with Gasteiger partial charge in [0.2, 0.25) is 0 Å². The van der Waals surface area contributed by atoms with Crippen LogP contribution in [0.2, 0.25) is 0 Å². The lowest BCUT2D eigenvalue weighted by Gasteiger charge is -2.21. The van der Waals surface area contributed by atoms with Gasteiger partial charge in [0.1, 0.15) is 5.76 Å². The molecule has 0 aliphatic heterocycles. The lowest BCUT2D eigenvalue weighted by molar-refractivity contribution is 0.393. The molecule has 2 unspecified atom stereocenters. The summed E-state index contributed by atoms with van der Waals surface area (Å²) in [6, 6.07) is 11.0. The van der Waals surface area contributed by atoms with Crippen LogP contribution in [-0.2, 0) is 0 Å². The van der Waals surface area contributed by atoms with E-state index in [1.165, 1.54) is 16.7 Å². The molecule has 1 aromatic carbocycles. The molecule has 2 rings (SSSR count). The first-order valence-corrected chi connectivity index (χ1v) is 7.35. The van der Waals surface area contributed by atoms with E-state index in [4.69, 9.17) is 4.42 Å². The molecular formula is C16H20BrNO. The minimum absolute atomic E-state index is 0.182. The zero-order chi connectivity index (χ0) is 14.0. The van der Waals surface area contributed by atoms with Crippen LogP contribution in [0.15, 0.2) is 39.4 Å². The number of nitrogens with one attached hydrogen (secondary N) is 1. The van der Waals surface area contributed by atoms with Crippen molar-refractivity contribution in [3.05, 3.63) is 57.5 Å². The molecule has 0 spiro atoms. The van der Waals surface area contributed by atoms with Crippen molar-refractivity contribution in [3.63, 3.8) is 0 Å². The lowest BCUT2D eigenvalue weighted by atomic mass is 9.99. The SMILES string of the molecule is Cc1ccc(C(C)NC(C)c2ccc(Br)o2)c(C)c1. The molecule has 2 atom stereocenters. The predicted molar refractivity (Wildman–Crippen MR) is 82.3 cm³/mol. The minimum Gasteiger partial charge on any atom is -0.453 e. The molecule has 19 heavy (non-hydrogen) atoms. The van der Waals surface area contributed by atoms with Crippen LogP contribution < -0.4 is 5.32 Å². The molecule has 0 fully saturated rings. The minimum atomic E-state index is 0.182. The maximum absolute atomic E-state index is 5.59. The van der Waals surface area contributed by atoms with Crippen LogP contribution in [0.5, 0.6) is 0 Å². The molecule has 0 aliphatic carbocycles. The van der Waals surface area contributed by atoms with Crippen molar-refractivity contribution in [3.8, 4) is 0 Å². The van der Waals surface area contributed by atoms with Gasteiger partial charge in [-0.3, -0.25) is 0 Å². The summed E-state index contributed by atoms with van der Waals surface area (Å²) in [6.45, 7) is 8.59. The van der Waals surface area contributed by atoms with E-state index >= 15 is 0 Å². The Labute approximate surface area is 123 Å². The average Bonchev–Trinajstić information content (AvgIpc) is 2.75. The monoisotopic (exact) mass is 321 g/mol. The zero-order valence-electron chi connectivity index (χ0n) is 11.8. The van der Waals surface area contributed by atoms with Gasteiger partial charge in [0.25, 0.3) is 0 Å². The van der Waals surface area contributed by atoms with E-state index in [0.717, 1.165) is 10.4 Å². The van der Waals surface area contributed by atoms with Crippen molar-refractivity contribution in [1.82, 2.24) is 5.32 Å². The summed E-state index contributed by atoms with van der Waals surface area (Å²) in [4.78, 5) is 0. The van der Waals surface area contributed by atoms with E-state index in [0.29, 0.717) is 6.04 Å². The zero-order valence-corrected chi connectivity index (χ0v) is 13.4. The van der Waals surface area contributed by atoms with E-state index < -0.39 is 0 Å². The molecule has 1 N–H and O–H groups in total. The van der Waals surface area contributed by atoms with Crippen LogP contribution in [-0.4, -0.2) is 0 Å². The van der Waals surface area contributed by atoms with Gasteiger partial charge in [0.15, 0.2) is 4.67 Å². The van der Waals surface area contributed by atoms with Gasteiger partial charge in [-0.25, -0.2) is 0 Å². The quantitative estimate of drug-likeness (QED) is 0.850. The molecule has 102 valence electrons. The van der Waals surface area contributed by atoms with E-state index in [-0.39, 0.29) is 6.04 Å². The molecule has 3 heteroatoms. The van der Waals surface area contributed by atoms with Crippen molar-refractivity contribution in [1.29, 1.82) is 0 Å². The second-order valence-electron chi connectivity index (χ2n) is 5.11. The summed E-state index contributed by atoms with van der Waals surface area (Å²) in [5.41, 5.74) is 3.97. The summed E-state index contributed by atoms with van der Waals surface area (Å²) >= 11 is 3.34. The van der Waals surface area contributed by atoms with Crippen LogP contribution in [0.25, 0.3) is 0 Å². The van der Waals surface area contributed by atoms with E-state index in [1.54, 1.807) is 0 Å². The van der Waals surface area contributed by atoms with Crippen LogP contribution in [0.3, 0.4) is 0 Å². The predicted octanol–water partition coefficient (Wildman–Crippen LogP) is 5.07. The average molecular weight is 322 g/mol. The number of benzene rings is 1. The maximum Gasteiger partial charge on any atom is 0.169 e. The number of aryl methyl sites for hydroxylation is 2. The Kier molecular flexibility index (Phi) is 4.48. The molecule has 2 nitrogen and oxygen atoms in total. The van der Waals surface area contributed by atoms with Gasteiger partial charge in [-0.05, 0) is 66.9 Å². The highest BCUT2D eigenvalue weighted by atomic mass is 79.9. The van der Waals surface area contributed by atoms with Gasteiger partial charge >= 0.3 is 0 Å². The normalized spacial score (nSPS) is 14.4. The Balaban J connectivity index is 2.10. The third-order valence-corrected chi connectivity index (χ3v) is 3.84. The summed E-state index contributed by atoms with van der Waals surface area (Å²) in [5, 5.41) is 3.57. The Bertz CT molecular complexity index is 562. The summed E-state index contributed by atoms with van der Waals surface area (Å²) in [5.74, 6) is 0.948. The van der Waals surface area contributed by atoms with Gasteiger partial charge in [-0.1, -0.05) is 23.8 Å². The summed E-state index contributed by atoms with van der Waals surface area (Å²) < 4.78 is 6.36. The highest BCUT2D eigenvalue weighted by Crippen LogP contribution is 2.25. The Morgan fingerprint density at radius 1 is 1.05 bits per heavy atom. The maximum atomic E-state index is 5.59. The third kappa shape index (κ3) is 3.48. The molecule has 2 aromatic rings. The number of hydrogen-bond acceptors (Lipinski definition) is 2. The van der Waals surface area contributed by atoms with Crippen molar-refractivity contribution < 1.29 is 4.42 Å². The van der Waals surface area contributed by atoms with E-state index in [9.17, 15) is 0 Å². The largest absolute Gasteiger partial charge is 0.453 e. The molecule has 0 saturated heterocycles. The molecule has 0 bridgehead atoms. The van der Waals surface area contributed by atoms with Crippen LogP contribution >= 0.6 is 15.9 Å². The second kappa shape index (κ2) is 5.93. The fourth-order valence-corrected chi connectivity index (χ4v) is 2.74. The highest BCUT2D eigenvalue weighted by Gasteiger charge is 2.15. The molecule has 1 heterocycles. The molecule has 0 aliphatic rings. The van der Waals surface area contributed by atoms with E-state index in [2.05, 4.69) is 67.1 Å². The Hall–Kier alpha value is -1.06. The Morgan fingerprint density at radius 3 is 2.37 bits per heavy atom. The molecule has 0 saturated carbocycles. The lowest BCUT2D eigenvalue weighted by Crippen LogP contribution is -2.22. The Morgan fingerprint density at radius 2 is 1.79 bits per heavy atom. The van der Waals surface area contributed by atoms with Crippen LogP contribution in [0.1, 0.15) is 48.4 Å². The van der Waals surface area contributed by atoms with Crippen LogP contribution in [0.4, 0.5) is 0 Å². The first-order chi connectivity index (χ1) is 8.97. The van der Waals surface area contributed by atoms with Crippen molar-refractivity contribution >= 4 is 15.9 Å². The number of furan rings is 1. The molecule has 0 radical (unpaired) electrons. The fourth-order valence-electron chi connectivity index (χ4n) is 2.42. The van der Waals surface area contributed by atoms with Gasteiger partial charge in [0, 0.05) is 6.04 Å². The first-order valence-electron chi connectivity index (χ1n) is 6.56. The van der Waals surface area contributed by atoms with Gasteiger partial charge < -0.3 is 9.73 Å². The second-order valence-corrected chi connectivity index (χ2v) is 5.89. The summed E-state index contributed by atoms with van der Waals surface area (Å²) in [7, 11) is 0. The number of hydrogen-bond donors (Lipinski definition) is 1. The third-order valence-electron chi connectivity index (χ3n) is 3.41. The molecular weight excluding hydrogens is 302 g/mol. The number of halogens is 1. The number of rotatable bonds is 4. The molecule has 1 aromatic heterocycles. The summed E-state index contributed by atoms with van der Waals surface area (Å²) in [6.07, 6.45) is 0. The standard InChI is InChI=1S/C16H20BrNO/c1-10-5-6-14(11(2)9-10)12(3)18-13(4)15-7-8-16(17)19-15/h5-9,12-13,18H,1-4H3. The van der Waals surface area contributed by atoms with Gasteiger partial charge in [0.05, 0.1) is 6.04 Å². The molecule has 0 amide bonds.